The Hall–Kier alpha value is -2.90. The number of fused-ring (bicyclic) bond motifs is 2. The Morgan fingerprint density at radius 1 is 0.667 bits per heavy atom. The number of hydrogen-bond donors (Lipinski definition) is 0. The molecule has 0 aliphatic rings. The van der Waals surface area contributed by atoms with E-state index in [1.165, 1.54) is 43.8 Å². The van der Waals surface area contributed by atoms with E-state index in [0.29, 0.717) is 7.11 Å². The topological polar surface area (TPSA) is 43.4 Å². The van der Waals surface area contributed by atoms with E-state index < -0.39 is 15.6 Å². The second kappa shape index (κ2) is 10.8. The number of alkyl halides is 3. The zero-order chi connectivity index (χ0) is 24.8. The van der Waals surface area contributed by atoms with Gasteiger partial charge in [0.2, 0.25) is 0 Å². The van der Waals surface area contributed by atoms with Crippen LogP contribution in [0, 0.1) is 27.7 Å². The lowest BCUT2D eigenvalue weighted by atomic mass is 10.0. The molecule has 0 saturated heterocycles. The van der Waals surface area contributed by atoms with Crippen LogP contribution >= 0.6 is 0 Å². The third-order valence-electron chi connectivity index (χ3n) is 5.01. The smallest absolute Gasteiger partial charge is 0.267 e. The highest BCUT2D eigenvalue weighted by molar-refractivity contribution is 7.87. The summed E-state index contributed by atoms with van der Waals surface area (Å²) in [7, 11) is -4.89. The average molecular weight is 477 g/mol. The normalized spacial score (nSPS) is 11.4. The first-order chi connectivity index (χ1) is 15.4. The molecule has 0 heterocycles. The van der Waals surface area contributed by atoms with Gasteiger partial charge in [0, 0.05) is 0 Å². The van der Waals surface area contributed by atoms with Crippen molar-refractivity contribution in [3.63, 3.8) is 0 Å². The molecule has 33 heavy (non-hydrogen) atoms. The van der Waals surface area contributed by atoms with Crippen molar-refractivity contribution in [2.45, 2.75) is 33.2 Å². The van der Waals surface area contributed by atoms with E-state index in [0.717, 1.165) is 0 Å². The van der Waals surface area contributed by atoms with Gasteiger partial charge in [0.05, 0.1) is 7.11 Å². The molecule has 0 radical (unpaired) electrons. The number of rotatable bonds is 1. The molecular formula is C26H27F3O3S. The Bertz CT molecular complexity index is 1260. The maximum atomic E-state index is 11.1. The van der Waals surface area contributed by atoms with E-state index in [4.69, 9.17) is 0 Å². The summed E-state index contributed by atoms with van der Waals surface area (Å²) in [4.78, 5) is 0. The fourth-order valence-electron chi connectivity index (χ4n) is 3.18. The summed E-state index contributed by atoms with van der Waals surface area (Å²) < 4.78 is 55.9. The quantitative estimate of drug-likeness (QED) is 0.212. The van der Waals surface area contributed by atoms with E-state index >= 15 is 0 Å². The fraction of sp³-hybridized carbons (Fsp3) is 0.231. The summed E-state index contributed by atoms with van der Waals surface area (Å²) in [5.41, 5.74) is 0.0721. The highest BCUT2D eigenvalue weighted by Crippen LogP contribution is 2.23. The first kappa shape index (κ1) is 26.4. The monoisotopic (exact) mass is 476 g/mol. The summed E-state index contributed by atoms with van der Waals surface area (Å²) in [6.45, 7) is 8.57. The van der Waals surface area contributed by atoms with E-state index in [9.17, 15) is 21.6 Å². The minimum Gasteiger partial charge on any atom is -0.267 e. The molecule has 7 heteroatoms. The average Bonchev–Trinajstić information content (AvgIpc) is 2.75. The maximum Gasteiger partial charge on any atom is 0.523 e. The summed E-state index contributed by atoms with van der Waals surface area (Å²) in [6, 6.07) is 26.0. The SMILES string of the molecule is COS(=O)(=O)C(F)(F)F.Cc1ccc2cccc(C)c2c1.Cc1ccc2cccc(C)c2c1. The molecule has 0 bridgehead atoms. The van der Waals surface area contributed by atoms with Gasteiger partial charge in [0.1, 0.15) is 0 Å². The molecule has 0 aromatic heterocycles. The van der Waals surface area contributed by atoms with Crippen LogP contribution in [0.15, 0.2) is 72.8 Å². The first-order valence-corrected chi connectivity index (χ1v) is 11.6. The first-order valence-electron chi connectivity index (χ1n) is 10.1. The van der Waals surface area contributed by atoms with Gasteiger partial charge in [-0.3, -0.25) is 4.18 Å². The number of hydrogen-bond acceptors (Lipinski definition) is 3. The molecular weight excluding hydrogens is 449 g/mol. The minimum absolute atomic E-state index is 0.447. The van der Waals surface area contributed by atoms with Gasteiger partial charge in [-0.05, 0) is 60.4 Å². The van der Waals surface area contributed by atoms with Crippen LogP contribution in [0.25, 0.3) is 21.5 Å². The molecule has 176 valence electrons. The lowest BCUT2D eigenvalue weighted by Crippen LogP contribution is -2.23. The van der Waals surface area contributed by atoms with Crippen LogP contribution in [0.3, 0.4) is 0 Å². The standard InChI is InChI=1S/2C12H12.C2H3F3O3S/c2*1-9-6-7-11-5-3-4-10(2)12(11)8-9;1-8-9(6,7)2(3,4)5/h2*3-8H,1-2H3;1H3. The van der Waals surface area contributed by atoms with Gasteiger partial charge in [-0.15, -0.1) is 0 Å². The van der Waals surface area contributed by atoms with Gasteiger partial charge in [-0.2, -0.15) is 21.6 Å². The predicted molar refractivity (Wildman–Crippen MR) is 129 cm³/mol. The van der Waals surface area contributed by atoms with Gasteiger partial charge in [-0.1, -0.05) is 83.9 Å². The second-order valence-electron chi connectivity index (χ2n) is 7.67. The molecule has 0 atom stereocenters. The van der Waals surface area contributed by atoms with Crippen molar-refractivity contribution in [2.75, 3.05) is 7.11 Å². The number of halogens is 3. The predicted octanol–water partition coefficient (Wildman–Crippen LogP) is 7.40. The molecule has 3 nitrogen and oxygen atoms in total. The van der Waals surface area contributed by atoms with Crippen LogP contribution in [0.4, 0.5) is 13.2 Å². The van der Waals surface area contributed by atoms with Crippen LogP contribution in [-0.2, 0) is 14.3 Å². The highest BCUT2D eigenvalue weighted by atomic mass is 32.2. The zero-order valence-electron chi connectivity index (χ0n) is 19.2. The van der Waals surface area contributed by atoms with Crippen LogP contribution in [0.1, 0.15) is 22.3 Å². The third-order valence-corrected chi connectivity index (χ3v) is 6.02. The van der Waals surface area contributed by atoms with Gasteiger partial charge in [0.25, 0.3) is 0 Å². The molecule has 0 aliphatic carbocycles. The molecule has 4 rings (SSSR count). The highest BCUT2D eigenvalue weighted by Gasteiger charge is 2.46. The molecule has 0 saturated carbocycles. The molecule has 0 N–H and O–H groups in total. The summed E-state index contributed by atoms with van der Waals surface area (Å²) >= 11 is 0. The molecule has 0 unspecified atom stereocenters. The Balaban J connectivity index is 0.000000178. The Kier molecular flexibility index (Phi) is 8.63. The molecule has 0 spiro atoms. The van der Waals surface area contributed by atoms with Gasteiger partial charge in [-0.25, -0.2) is 0 Å². The summed E-state index contributed by atoms with van der Waals surface area (Å²) in [5, 5.41) is 5.41. The molecule has 0 amide bonds. The van der Waals surface area contributed by atoms with Crippen LogP contribution in [0.2, 0.25) is 0 Å². The largest absolute Gasteiger partial charge is 0.523 e. The lowest BCUT2D eigenvalue weighted by molar-refractivity contribution is -0.0526. The van der Waals surface area contributed by atoms with E-state index in [2.05, 4.69) is 105 Å². The van der Waals surface area contributed by atoms with E-state index in [1.807, 2.05) is 0 Å². The van der Waals surface area contributed by atoms with Crippen molar-refractivity contribution < 1.29 is 25.8 Å². The number of benzene rings is 4. The van der Waals surface area contributed by atoms with Gasteiger partial charge in [0.15, 0.2) is 0 Å². The maximum absolute atomic E-state index is 11.1. The van der Waals surface area contributed by atoms with Crippen molar-refractivity contribution in [1.82, 2.24) is 0 Å². The molecule has 4 aromatic carbocycles. The van der Waals surface area contributed by atoms with Gasteiger partial charge < -0.3 is 0 Å². The van der Waals surface area contributed by atoms with Crippen LogP contribution in [-0.4, -0.2) is 21.0 Å². The van der Waals surface area contributed by atoms with Crippen molar-refractivity contribution in [2.24, 2.45) is 0 Å². The zero-order valence-corrected chi connectivity index (χ0v) is 20.0. The van der Waals surface area contributed by atoms with Crippen LogP contribution in [0.5, 0.6) is 0 Å². The fourth-order valence-corrected chi connectivity index (χ4v) is 3.37. The summed E-state index contributed by atoms with van der Waals surface area (Å²) in [6.07, 6.45) is 0. The minimum atomic E-state index is -5.34. The molecule has 4 aromatic rings. The molecule has 0 fully saturated rings. The van der Waals surface area contributed by atoms with E-state index in [-0.39, 0.29) is 0 Å². The van der Waals surface area contributed by atoms with Crippen LogP contribution < -0.4 is 0 Å². The van der Waals surface area contributed by atoms with Gasteiger partial charge >= 0.3 is 15.6 Å². The summed E-state index contributed by atoms with van der Waals surface area (Å²) in [5.74, 6) is 0. The van der Waals surface area contributed by atoms with Crippen molar-refractivity contribution in [1.29, 1.82) is 0 Å². The Morgan fingerprint density at radius 2 is 1.06 bits per heavy atom. The Morgan fingerprint density at radius 3 is 1.36 bits per heavy atom. The van der Waals surface area contributed by atoms with Crippen molar-refractivity contribution in [3.05, 3.63) is 95.1 Å². The second-order valence-corrected chi connectivity index (χ2v) is 9.37. The molecule has 0 aliphatic heterocycles. The Labute approximate surface area is 192 Å². The lowest BCUT2D eigenvalue weighted by Gasteiger charge is -2.02. The number of aryl methyl sites for hydroxylation is 4. The third kappa shape index (κ3) is 7.04. The van der Waals surface area contributed by atoms with E-state index in [1.54, 1.807) is 0 Å². The van der Waals surface area contributed by atoms with Crippen molar-refractivity contribution >= 4 is 31.7 Å². The van der Waals surface area contributed by atoms with Crippen molar-refractivity contribution in [3.8, 4) is 0 Å².